The van der Waals surface area contributed by atoms with Crippen LogP contribution in [0.15, 0.2) is 6.33 Å². The Morgan fingerprint density at radius 2 is 1.69 bits per heavy atom. The lowest BCUT2D eigenvalue weighted by Gasteiger charge is -2.36. The minimum atomic E-state index is -4.27. The Kier molecular flexibility index (Phi) is 10.4. The first-order chi connectivity index (χ1) is 22.6. The highest BCUT2D eigenvalue weighted by molar-refractivity contribution is 7.54. The van der Waals surface area contributed by atoms with E-state index in [1.54, 1.807) is 53.0 Å². The Morgan fingerprint density at radius 1 is 1.10 bits per heavy atom. The molecule has 0 amide bonds. The number of nitrogens with zero attached hydrogens (tertiary/aromatic N) is 4. The Hall–Kier alpha value is -2.92. The summed E-state index contributed by atoms with van der Waals surface area (Å²) in [5.74, 6) is -1.52. The second-order valence-electron chi connectivity index (χ2n) is 13.7. The van der Waals surface area contributed by atoms with Gasteiger partial charge in [-0.1, -0.05) is 34.6 Å². The number of nitrogen functional groups attached to an aromatic ring is 1. The third-order valence-corrected chi connectivity index (χ3v) is 11.1. The van der Waals surface area contributed by atoms with Crippen LogP contribution >= 0.6 is 7.67 Å². The first kappa shape index (κ1) is 36.4. The van der Waals surface area contributed by atoms with Crippen molar-refractivity contribution in [1.29, 1.82) is 0 Å². The van der Waals surface area contributed by atoms with E-state index < -0.39 is 67.6 Å². The van der Waals surface area contributed by atoms with Crippen molar-refractivity contribution in [2.45, 2.75) is 103 Å². The number of hydrogen-bond donors (Lipinski definition) is 6. The molecule has 48 heavy (non-hydrogen) atoms. The molecule has 1 aliphatic heterocycles. The number of hydrogen-bond acceptors (Lipinski definition) is 14. The van der Waals surface area contributed by atoms with E-state index in [-0.39, 0.29) is 43.6 Å². The Morgan fingerprint density at radius 3 is 2.21 bits per heavy atom. The smallest absolute Gasteiger partial charge is 0.342 e. The average molecular weight is 697 g/mol. The van der Waals surface area contributed by atoms with E-state index in [1.807, 2.05) is 0 Å². The molecule has 17 nitrogen and oxygen atoms in total. The lowest BCUT2D eigenvalue weighted by molar-refractivity contribution is -0.171. The Labute approximate surface area is 279 Å². The fourth-order valence-electron chi connectivity index (χ4n) is 6.38. The number of nitrogens with one attached hydrogen (secondary N) is 3. The van der Waals surface area contributed by atoms with Gasteiger partial charge in [-0.05, 0) is 38.5 Å². The number of fused-ring (bicyclic) bond motifs is 2. The standard InChI is InChI=1S/C30H49N8O9P/c1-8-44-25(40)19(15(3)4)36-48(43,37-20(16(5)6)26(41)45-9-2)47-12-18-22(39)30(42)27(29(30,7)13-46-18)38-14-32-21-23(33-17-10-11-17)34-28(31)35-24(21)38/h14-20,22,27,39,42H,8-13H2,1-7H3,(H2,36,37,43)(H3,31,33,34,35)/t18-,19?,20?,22?,27-,29?,30?,48?/m1/s1. The third kappa shape index (κ3) is 6.78. The molecule has 5 rings (SSSR count). The summed E-state index contributed by atoms with van der Waals surface area (Å²) in [6.07, 6.45) is 0.907. The largest absolute Gasteiger partial charge is 0.465 e. The summed E-state index contributed by atoms with van der Waals surface area (Å²) in [4.78, 5) is 38.9. The third-order valence-electron chi connectivity index (χ3n) is 9.34. The maximum Gasteiger partial charge on any atom is 0.342 e. The van der Waals surface area contributed by atoms with E-state index in [9.17, 15) is 24.4 Å². The molecule has 0 spiro atoms. The van der Waals surface area contributed by atoms with Crippen molar-refractivity contribution in [2.24, 2.45) is 17.3 Å². The summed E-state index contributed by atoms with van der Waals surface area (Å²) in [7, 11) is -4.27. The zero-order chi connectivity index (χ0) is 35.2. The van der Waals surface area contributed by atoms with Crippen LogP contribution in [0.4, 0.5) is 11.8 Å². The van der Waals surface area contributed by atoms with Crippen LogP contribution in [-0.2, 0) is 32.9 Å². The number of rotatable bonds is 16. The van der Waals surface area contributed by atoms with Crippen molar-refractivity contribution >= 4 is 42.5 Å². The number of carbonyl (C=O) groups excluding carboxylic acids is 2. The molecule has 0 radical (unpaired) electrons. The molecule has 7 N–H and O–H groups in total. The lowest BCUT2D eigenvalue weighted by atomic mass is 9.94. The fourth-order valence-corrected chi connectivity index (χ4v) is 8.50. The molecular weight excluding hydrogens is 647 g/mol. The van der Waals surface area contributed by atoms with Gasteiger partial charge in [0.2, 0.25) is 5.95 Å². The van der Waals surface area contributed by atoms with Crippen LogP contribution in [0, 0.1) is 17.3 Å². The van der Waals surface area contributed by atoms with Gasteiger partial charge in [0.05, 0.1) is 38.8 Å². The predicted octanol–water partition coefficient (Wildman–Crippen LogP) is 1.51. The van der Waals surface area contributed by atoms with Gasteiger partial charge >= 0.3 is 19.6 Å². The highest BCUT2D eigenvalue weighted by Crippen LogP contribution is 2.69. The van der Waals surface area contributed by atoms with Crippen molar-refractivity contribution in [3.8, 4) is 0 Å². The topological polar surface area (TPSA) is 234 Å². The summed E-state index contributed by atoms with van der Waals surface area (Å²) in [5.41, 5.74) is 4.27. The van der Waals surface area contributed by atoms with Gasteiger partial charge in [-0.3, -0.25) is 14.2 Å². The molecule has 3 heterocycles. The number of imidazole rings is 1. The summed E-state index contributed by atoms with van der Waals surface area (Å²) in [5, 5.41) is 32.5. The summed E-state index contributed by atoms with van der Waals surface area (Å²) >= 11 is 0. The number of nitrogens with two attached hydrogens (primary N) is 1. The van der Waals surface area contributed by atoms with Crippen molar-refractivity contribution in [2.75, 3.05) is 37.5 Å². The molecule has 0 aromatic carbocycles. The molecule has 7 atom stereocenters. The van der Waals surface area contributed by atoms with Gasteiger partial charge in [0.1, 0.15) is 29.9 Å². The predicted molar refractivity (Wildman–Crippen MR) is 175 cm³/mol. The molecule has 2 aromatic heterocycles. The Balaban J connectivity index is 1.38. The maximum atomic E-state index is 14.5. The quantitative estimate of drug-likeness (QED) is 0.108. The molecule has 0 bridgehead atoms. The molecule has 2 aromatic rings. The van der Waals surface area contributed by atoms with Gasteiger partial charge in [0.25, 0.3) is 0 Å². The molecule has 2 saturated carbocycles. The van der Waals surface area contributed by atoms with Crippen LogP contribution in [0.5, 0.6) is 0 Å². The number of aromatic nitrogens is 4. The van der Waals surface area contributed by atoms with E-state index in [0.717, 1.165) is 12.8 Å². The second-order valence-corrected chi connectivity index (χ2v) is 15.5. The van der Waals surface area contributed by atoms with E-state index in [0.29, 0.717) is 17.0 Å². The minimum absolute atomic E-state index is 0.00667. The minimum Gasteiger partial charge on any atom is -0.465 e. The average Bonchev–Trinajstić information content (AvgIpc) is 3.87. The molecule has 2 aliphatic carbocycles. The number of aliphatic hydroxyl groups excluding tert-OH is 1. The zero-order valence-corrected chi connectivity index (χ0v) is 29.4. The van der Waals surface area contributed by atoms with Crippen molar-refractivity contribution < 1.29 is 43.1 Å². The Bertz CT molecular complexity index is 1520. The van der Waals surface area contributed by atoms with E-state index >= 15 is 0 Å². The molecule has 268 valence electrons. The van der Waals surface area contributed by atoms with Gasteiger partial charge in [-0.25, -0.2) is 15.2 Å². The van der Waals surface area contributed by atoms with Crippen LogP contribution in [0.2, 0.25) is 0 Å². The second kappa shape index (κ2) is 13.8. The maximum absolute atomic E-state index is 14.5. The molecule has 3 fully saturated rings. The normalized spacial score (nSPS) is 29.3. The highest BCUT2D eigenvalue weighted by atomic mass is 31.2. The van der Waals surface area contributed by atoms with Crippen molar-refractivity contribution in [3.05, 3.63) is 6.33 Å². The molecule has 5 unspecified atom stereocenters. The molecule has 3 aliphatic rings. The molecular formula is C30H49N8O9P. The molecule has 18 heteroatoms. The fraction of sp³-hybridized carbons (Fsp3) is 0.767. The van der Waals surface area contributed by atoms with E-state index in [4.69, 9.17) is 24.5 Å². The van der Waals surface area contributed by atoms with Gasteiger partial charge in [-0.2, -0.15) is 9.97 Å². The monoisotopic (exact) mass is 696 g/mol. The van der Waals surface area contributed by atoms with Crippen molar-refractivity contribution in [3.63, 3.8) is 0 Å². The number of aliphatic hydroxyl groups is 2. The van der Waals surface area contributed by atoms with Gasteiger partial charge in [0, 0.05) is 11.5 Å². The first-order valence-electron chi connectivity index (χ1n) is 16.5. The lowest BCUT2D eigenvalue weighted by Crippen LogP contribution is -2.52. The molecule has 1 saturated heterocycles. The zero-order valence-electron chi connectivity index (χ0n) is 28.5. The highest BCUT2D eigenvalue weighted by Gasteiger charge is 2.81. The van der Waals surface area contributed by atoms with Crippen molar-refractivity contribution in [1.82, 2.24) is 29.7 Å². The van der Waals surface area contributed by atoms with E-state index in [1.165, 1.54) is 6.33 Å². The van der Waals surface area contributed by atoms with Crippen LogP contribution in [0.25, 0.3) is 11.2 Å². The number of ether oxygens (including phenoxy) is 3. The first-order valence-corrected chi connectivity index (χ1v) is 18.1. The number of anilines is 2. The van der Waals surface area contributed by atoms with Gasteiger partial charge < -0.3 is 44.6 Å². The van der Waals surface area contributed by atoms with Gasteiger partial charge in [-0.15, -0.1) is 0 Å². The SMILES string of the molecule is CCOC(=O)C(NP(=O)(NC(C(=O)OCC)C(C)C)OC[C@H]1OCC2(C)[C@@H](n3cnc4c(NC5CC5)nc(N)nc43)C2(O)C1O)C(C)C. The van der Waals surface area contributed by atoms with E-state index in [2.05, 4.69) is 30.4 Å². The summed E-state index contributed by atoms with van der Waals surface area (Å²) < 4.78 is 38.5. The van der Waals surface area contributed by atoms with Crippen LogP contribution in [0.3, 0.4) is 0 Å². The van der Waals surface area contributed by atoms with Crippen LogP contribution in [0.1, 0.15) is 67.3 Å². The van der Waals surface area contributed by atoms with Crippen LogP contribution in [-0.4, -0.2) is 104 Å². The summed E-state index contributed by atoms with van der Waals surface area (Å²) in [6.45, 7) is 11.8. The number of esters is 2. The summed E-state index contributed by atoms with van der Waals surface area (Å²) in [6, 6.07) is -2.56. The van der Waals surface area contributed by atoms with Gasteiger partial charge in [0.15, 0.2) is 17.0 Å². The van der Waals surface area contributed by atoms with Crippen LogP contribution < -0.4 is 21.2 Å². The number of carbonyl (C=O) groups is 2.